The minimum atomic E-state index is -1.46. The van der Waals surface area contributed by atoms with E-state index in [1.807, 2.05) is 0 Å². The summed E-state index contributed by atoms with van der Waals surface area (Å²) in [6.45, 7) is 3.33. The van der Waals surface area contributed by atoms with Gasteiger partial charge in [-0.2, -0.15) is 0 Å². The van der Waals surface area contributed by atoms with Gasteiger partial charge in [0.2, 0.25) is 5.91 Å². The number of hydrogen-bond donors (Lipinski definition) is 2. The maximum Gasteiger partial charge on any atom is 0.312 e. The maximum atomic E-state index is 12.9. The molecule has 29 heavy (non-hydrogen) atoms. The molecular formula is C20H23N3O6. The van der Waals surface area contributed by atoms with E-state index in [-0.39, 0.29) is 18.8 Å². The second-order valence-electron chi connectivity index (χ2n) is 6.10. The molecule has 1 aromatic carbocycles. The van der Waals surface area contributed by atoms with Crippen molar-refractivity contribution in [3.8, 4) is 0 Å². The minimum absolute atomic E-state index is 0.0343. The summed E-state index contributed by atoms with van der Waals surface area (Å²) in [7, 11) is 0. The first kappa shape index (κ1) is 21.8. The molecule has 2 amide bonds. The molecule has 0 radical (unpaired) electrons. The number of aromatic nitrogens is 1. The summed E-state index contributed by atoms with van der Waals surface area (Å²) in [5.74, 6) is -4.46. The standard InChI is InChI=1S/C20H23N3O6/c1-3-28-16(24)11-14(20(27)29-4-2)17(18(21)25)23-19(26)13-9-10-22-15-8-6-5-7-12(13)15/h5-10,14,17H,3-4,11H2,1-2H3,(H2,21,25)(H,23,26)/t14-,17-/m0/s1. The molecule has 2 rings (SSSR count). The van der Waals surface area contributed by atoms with E-state index in [4.69, 9.17) is 15.2 Å². The Labute approximate surface area is 167 Å². The van der Waals surface area contributed by atoms with Crippen molar-refractivity contribution < 1.29 is 28.7 Å². The number of nitrogens with one attached hydrogen (secondary N) is 1. The van der Waals surface area contributed by atoms with Crippen molar-refractivity contribution in [3.63, 3.8) is 0 Å². The Kier molecular flexibility index (Phi) is 7.64. The lowest BCUT2D eigenvalue weighted by molar-refractivity contribution is -0.156. The molecule has 0 saturated carbocycles. The Bertz CT molecular complexity index is 909. The fourth-order valence-corrected chi connectivity index (χ4v) is 2.87. The van der Waals surface area contributed by atoms with Crippen molar-refractivity contribution in [1.82, 2.24) is 10.3 Å². The average molecular weight is 401 g/mol. The summed E-state index contributed by atoms with van der Waals surface area (Å²) in [5.41, 5.74) is 6.27. The number of pyridine rings is 1. The first-order valence-electron chi connectivity index (χ1n) is 9.15. The van der Waals surface area contributed by atoms with Crippen LogP contribution in [0.4, 0.5) is 0 Å². The molecule has 0 spiro atoms. The highest BCUT2D eigenvalue weighted by atomic mass is 16.5. The van der Waals surface area contributed by atoms with Crippen LogP contribution in [0.3, 0.4) is 0 Å². The average Bonchev–Trinajstić information content (AvgIpc) is 2.70. The number of ether oxygens (including phenoxy) is 2. The Hall–Kier alpha value is -3.49. The van der Waals surface area contributed by atoms with E-state index in [1.165, 1.54) is 12.3 Å². The number of rotatable bonds is 9. The van der Waals surface area contributed by atoms with Crippen LogP contribution < -0.4 is 11.1 Å². The minimum Gasteiger partial charge on any atom is -0.466 e. The molecule has 9 nitrogen and oxygen atoms in total. The molecule has 9 heteroatoms. The number of fused-ring (bicyclic) bond motifs is 1. The number of nitrogens with zero attached hydrogens (tertiary/aromatic N) is 1. The molecule has 154 valence electrons. The zero-order valence-electron chi connectivity index (χ0n) is 16.2. The zero-order valence-corrected chi connectivity index (χ0v) is 16.2. The molecule has 0 fully saturated rings. The molecule has 1 heterocycles. The van der Waals surface area contributed by atoms with E-state index in [2.05, 4.69) is 10.3 Å². The van der Waals surface area contributed by atoms with Crippen LogP contribution in [-0.2, 0) is 23.9 Å². The van der Waals surface area contributed by atoms with Gasteiger partial charge >= 0.3 is 11.9 Å². The van der Waals surface area contributed by atoms with Gasteiger partial charge in [0.05, 0.1) is 36.6 Å². The molecule has 0 aliphatic heterocycles. The summed E-state index contributed by atoms with van der Waals surface area (Å²) >= 11 is 0. The van der Waals surface area contributed by atoms with Crippen LogP contribution in [0.5, 0.6) is 0 Å². The summed E-state index contributed by atoms with van der Waals surface area (Å²) in [6.07, 6.45) is 0.996. The molecule has 0 aliphatic rings. The monoisotopic (exact) mass is 401 g/mol. The highest BCUT2D eigenvalue weighted by Crippen LogP contribution is 2.18. The SMILES string of the molecule is CCOC(=O)C[C@H](C(=O)OCC)[C@H](NC(=O)c1ccnc2ccccc12)C(N)=O. The van der Waals surface area contributed by atoms with Crippen LogP contribution >= 0.6 is 0 Å². The Morgan fingerprint density at radius 1 is 1.07 bits per heavy atom. The van der Waals surface area contributed by atoms with Gasteiger partial charge in [0, 0.05) is 11.6 Å². The Morgan fingerprint density at radius 3 is 2.41 bits per heavy atom. The number of benzene rings is 1. The first-order chi connectivity index (χ1) is 13.9. The number of carbonyl (C=O) groups is 4. The van der Waals surface area contributed by atoms with Crippen molar-refractivity contribution in [2.24, 2.45) is 11.7 Å². The number of carbonyl (C=O) groups excluding carboxylic acids is 4. The van der Waals surface area contributed by atoms with E-state index in [0.717, 1.165) is 0 Å². The van der Waals surface area contributed by atoms with Crippen LogP contribution in [0, 0.1) is 5.92 Å². The third kappa shape index (κ3) is 5.50. The zero-order chi connectivity index (χ0) is 21.4. The fourth-order valence-electron chi connectivity index (χ4n) is 2.87. The first-order valence-corrected chi connectivity index (χ1v) is 9.15. The van der Waals surface area contributed by atoms with Gasteiger partial charge in [-0.25, -0.2) is 0 Å². The van der Waals surface area contributed by atoms with E-state index >= 15 is 0 Å². The highest BCUT2D eigenvalue weighted by Gasteiger charge is 2.37. The number of primary amides is 1. The fraction of sp³-hybridized carbons (Fsp3) is 0.350. The predicted octanol–water partition coefficient (Wildman–Crippen LogP) is 0.951. The Morgan fingerprint density at radius 2 is 1.76 bits per heavy atom. The molecule has 0 bridgehead atoms. The lowest BCUT2D eigenvalue weighted by Crippen LogP contribution is -2.52. The van der Waals surface area contributed by atoms with Crippen LogP contribution in [0.1, 0.15) is 30.6 Å². The predicted molar refractivity (Wildman–Crippen MR) is 104 cm³/mol. The normalized spacial score (nSPS) is 12.6. The maximum absolute atomic E-state index is 12.9. The number of nitrogens with two attached hydrogens (primary N) is 1. The largest absolute Gasteiger partial charge is 0.466 e. The van der Waals surface area contributed by atoms with E-state index in [1.54, 1.807) is 38.1 Å². The molecule has 0 unspecified atom stereocenters. The van der Waals surface area contributed by atoms with Gasteiger partial charge in [0.15, 0.2) is 0 Å². The van der Waals surface area contributed by atoms with Gasteiger partial charge in [-0.1, -0.05) is 18.2 Å². The highest BCUT2D eigenvalue weighted by molar-refractivity contribution is 6.07. The smallest absolute Gasteiger partial charge is 0.312 e. The van der Waals surface area contributed by atoms with Gasteiger partial charge in [0.1, 0.15) is 6.04 Å². The molecule has 0 saturated heterocycles. The summed E-state index contributed by atoms with van der Waals surface area (Å²) in [4.78, 5) is 53.4. The van der Waals surface area contributed by atoms with Crippen molar-refractivity contribution in [3.05, 3.63) is 42.1 Å². The van der Waals surface area contributed by atoms with Gasteiger partial charge in [-0.05, 0) is 26.0 Å². The molecule has 0 aliphatic carbocycles. The summed E-state index contributed by atoms with van der Waals surface area (Å²) in [6, 6.07) is 6.99. The third-order valence-electron chi connectivity index (χ3n) is 4.17. The number of amides is 2. The molecule has 3 N–H and O–H groups in total. The van der Waals surface area contributed by atoms with E-state index < -0.39 is 42.1 Å². The van der Waals surface area contributed by atoms with Crippen molar-refractivity contribution in [1.29, 1.82) is 0 Å². The van der Waals surface area contributed by atoms with E-state index in [9.17, 15) is 19.2 Å². The number of para-hydroxylation sites is 1. The lowest BCUT2D eigenvalue weighted by Gasteiger charge is -2.23. The topological polar surface area (TPSA) is 138 Å². The summed E-state index contributed by atoms with van der Waals surface area (Å²) in [5, 5.41) is 3.03. The van der Waals surface area contributed by atoms with Gasteiger partial charge in [-0.3, -0.25) is 24.2 Å². The van der Waals surface area contributed by atoms with Crippen molar-refractivity contribution in [2.75, 3.05) is 13.2 Å². The van der Waals surface area contributed by atoms with Crippen LogP contribution in [-0.4, -0.2) is 48.0 Å². The molecule has 2 atom stereocenters. The number of hydrogen-bond acceptors (Lipinski definition) is 7. The van der Waals surface area contributed by atoms with Gasteiger partial charge in [0.25, 0.3) is 5.91 Å². The Balaban J connectivity index is 2.33. The lowest BCUT2D eigenvalue weighted by atomic mass is 9.94. The van der Waals surface area contributed by atoms with Crippen LogP contribution in [0.25, 0.3) is 10.9 Å². The molecule has 1 aromatic heterocycles. The van der Waals surface area contributed by atoms with E-state index in [0.29, 0.717) is 10.9 Å². The second-order valence-corrected chi connectivity index (χ2v) is 6.10. The summed E-state index contributed by atoms with van der Waals surface area (Å²) < 4.78 is 9.81. The second kappa shape index (κ2) is 10.2. The third-order valence-corrected chi connectivity index (χ3v) is 4.17. The van der Waals surface area contributed by atoms with Crippen molar-refractivity contribution in [2.45, 2.75) is 26.3 Å². The quantitative estimate of drug-likeness (QED) is 0.597. The molecular weight excluding hydrogens is 378 g/mol. The van der Waals surface area contributed by atoms with Gasteiger partial charge < -0.3 is 20.5 Å². The van der Waals surface area contributed by atoms with Gasteiger partial charge in [-0.15, -0.1) is 0 Å². The van der Waals surface area contributed by atoms with Crippen LogP contribution in [0.2, 0.25) is 0 Å². The molecule has 2 aromatic rings. The van der Waals surface area contributed by atoms with Crippen molar-refractivity contribution >= 4 is 34.7 Å². The van der Waals surface area contributed by atoms with Crippen LogP contribution in [0.15, 0.2) is 36.5 Å². The number of esters is 2.